The number of rotatable bonds is 5. The lowest BCUT2D eigenvalue weighted by Gasteiger charge is -2.25. The van der Waals surface area contributed by atoms with Gasteiger partial charge in [-0.3, -0.25) is 9.59 Å². The lowest BCUT2D eigenvalue weighted by atomic mass is 10.1. The fourth-order valence-corrected chi connectivity index (χ4v) is 2.61. The quantitative estimate of drug-likeness (QED) is 0.725. The maximum Gasteiger partial charge on any atom is 0.245 e. The monoisotopic (exact) mass is 258 g/mol. The van der Waals surface area contributed by atoms with Gasteiger partial charge in [-0.05, 0) is 18.8 Å². The van der Waals surface area contributed by atoms with Gasteiger partial charge in [0.15, 0.2) is 0 Å². The topological polar surface area (TPSA) is 49.4 Å². The summed E-state index contributed by atoms with van der Waals surface area (Å²) < 4.78 is 0. The molecule has 1 N–H and O–H groups in total. The summed E-state index contributed by atoms with van der Waals surface area (Å²) in [6.07, 6.45) is 4.97. The summed E-state index contributed by atoms with van der Waals surface area (Å²) in [5.74, 6) is 0.739. The third-order valence-corrected chi connectivity index (χ3v) is 3.61. The normalized spacial score (nSPS) is 17.8. The Hall–Kier alpha value is -0.710. The van der Waals surface area contributed by atoms with E-state index in [1.807, 2.05) is 0 Å². The van der Waals surface area contributed by atoms with Crippen LogP contribution in [-0.2, 0) is 9.59 Å². The van der Waals surface area contributed by atoms with Gasteiger partial charge in [0.1, 0.15) is 6.04 Å². The van der Waals surface area contributed by atoms with Crippen molar-refractivity contribution < 1.29 is 9.59 Å². The number of hydrogen-bond acceptors (Lipinski definition) is 3. The Bertz CT molecular complexity index is 278. The van der Waals surface area contributed by atoms with Gasteiger partial charge < -0.3 is 10.2 Å². The van der Waals surface area contributed by atoms with Gasteiger partial charge in [-0.15, -0.1) is 0 Å². The predicted molar refractivity (Wildman–Crippen MR) is 71.1 cm³/mol. The molecule has 2 amide bonds. The van der Waals surface area contributed by atoms with Gasteiger partial charge >= 0.3 is 0 Å². The van der Waals surface area contributed by atoms with Crippen molar-refractivity contribution in [2.75, 3.05) is 19.3 Å². The average Bonchev–Trinajstić information content (AvgIpc) is 2.77. The van der Waals surface area contributed by atoms with Crippen LogP contribution in [0.4, 0.5) is 0 Å². The van der Waals surface area contributed by atoms with Gasteiger partial charge in [0.2, 0.25) is 11.8 Å². The number of hydrogen-bond donors (Lipinski definition) is 2. The molecule has 1 saturated carbocycles. The molecule has 0 aliphatic heterocycles. The summed E-state index contributed by atoms with van der Waals surface area (Å²) in [5, 5.41) is 2.63. The smallest absolute Gasteiger partial charge is 0.245 e. The van der Waals surface area contributed by atoms with Gasteiger partial charge in [0.05, 0.1) is 0 Å². The van der Waals surface area contributed by atoms with Crippen LogP contribution in [0.3, 0.4) is 0 Å². The molecule has 1 aliphatic carbocycles. The molecule has 0 heterocycles. The third kappa shape index (κ3) is 4.58. The van der Waals surface area contributed by atoms with E-state index in [0.717, 1.165) is 6.54 Å². The number of amides is 2. The molecular weight excluding hydrogens is 236 g/mol. The largest absolute Gasteiger partial charge is 0.344 e. The fraction of sp³-hybridized carbons (Fsp3) is 0.833. The van der Waals surface area contributed by atoms with Crippen molar-refractivity contribution in [2.45, 2.75) is 38.6 Å². The number of nitrogens with one attached hydrogen (secondary N) is 1. The molecular formula is C12H22N2O2S. The van der Waals surface area contributed by atoms with Crippen molar-refractivity contribution in [3.05, 3.63) is 0 Å². The molecule has 0 aromatic carbocycles. The minimum absolute atomic E-state index is 0.0397. The summed E-state index contributed by atoms with van der Waals surface area (Å²) in [4.78, 5) is 24.8. The van der Waals surface area contributed by atoms with Crippen LogP contribution < -0.4 is 5.32 Å². The molecule has 1 atom stereocenters. The summed E-state index contributed by atoms with van der Waals surface area (Å²) in [7, 11) is 1.80. The highest BCUT2D eigenvalue weighted by molar-refractivity contribution is 7.80. The highest BCUT2D eigenvalue weighted by Crippen LogP contribution is 2.25. The number of carbonyl (C=O) groups excluding carboxylic acids is 2. The Labute approximate surface area is 109 Å². The zero-order valence-corrected chi connectivity index (χ0v) is 11.5. The van der Waals surface area contributed by atoms with E-state index in [1.165, 1.54) is 32.6 Å². The SMILES string of the molecule is CC(=O)NC(CS)C(=O)N(C)CC1CCCC1. The second-order valence-corrected chi connectivity index (χ2v) is 5.17. The number of nitrogens with zero attached hydrogens (tertiary/aromatic N) is 1. The van der Waals surface area contributed by atoms with E-state index in [0.29, 0.717) is 11.7 Å². The van der Waals surface area contributed by atoms with Crippen molar-refractivity contribution in [3.8, 4) is 0 Å². The molecule has 0 aromatic heterocycles. The average molecular weight is 258 g/mol. The van der Waals surface area contributed by atoms with Crippen LogP contribution in [0, 0.1) is 5.92 Å². The minimum atomic E-state index is -0.498. The van der Waals surface area contributed by atoms with Gasteiger partial charge in [-0.1, -0.05) is 12.8 Å². The second-order valence-electron chi connectivity index (χ2n) is 4.80. The molecule has 1 fully saturated rings. The van der Waals surface area contributed by atoms with E-state index >= 15 is 0 Å². The zero-order chi connectivity index (χ0) is 12.8. The summed E-state index contributed by atoms with van der Waals surface area (Å²) in [6.45, 7) is 2.21. The first-order chi connectivity index (χ1) is 8.04. The molecule has 98 valence electrons. The van der Waals surface area contributed by atoms with Crippen LogP contribution in [0.15, 0.2) is 0 Å². The van der Waals surface area contributed by atoms with E-state index in [4.69, 9.17) is 0 Å². The van der Waals surface area contributed by atoms with Crippen LogP contribution in [0.5, 0.6) is 0 Å². The van der Waals surface area contributed by atoms with Crippen molar-refractivity contribution in [3.63, 3.8) is 0 Å². The van der Waals surface area contributed by atoms with Crippen LogP contribution >= 0.6 is 12.6 Å². The minimum Gasteiger partial charge on any atom is -0.344 e. The Morgan fingerprint density at radius 3 is 2.47 bits per heavy atom. The van der Waals surface area contributed by atoms with E-state index < -0.39 is 6.04 Å². The fourth-order valence-electron chi connectivity index (χ4n) is 2.37. The predicted octanol–water partition coefficient (Wildman–Crippen LogP) is 1.07. The highest BCUT2D eigenvalue weighted by atomic mass is 32.1. The van der Waals surface area contributed by atoms with E-state index in [-0.39, 0.29) is 11.8 Å². The molecule has 0 spiro atoms. The summed E-state index contributed by atoms with van der Waals surface area (Å²) in [6, 6.07) is -0.498. The Kier molecular flexibility index (Phi) is 5.82. The van der Waals surface area contributed by atoms with E-state index in [1.54, 1.807) is 11.9 Å². The second kappa shape index (κ2) is 6.89. The Balaban J connectivity index is 2.44. The summed E-state index contributed by atoms with van der Waals surface area (Å²) in [5.41, 5.74) is 0. The van der Waals surface area contributed by atoms with Crippen molar-refractivity contribution in [2.24, 2.45) is 5.92 Å². The van der Waals surface area contributed by atoms with Gasteiger partial charge in [-0.25, -0.2) is 0 Å². The molecule has 17 heavy (non-hydrogen) atoms. The van der Waals surface area contributed by atoms with Crippen LogP contribution in [0.1, 0.15) is 32.6 Å². The number of carbonyl (C=O) groups is 2. The molecule has 1 rings (SSSR count). The first-order valence-electron chi connectivity index (χ1n) is 6.17. The van der Waals surface area contributed by atoms with E-state index in [9.17, 15) is 9.59 Å². The molecule has 0 saturated heterocycles. The van der Waals surface area contributed by atoms with Crippen molar-refractivity contribution >= 4 is 24.4 Å². The molecule has 4 nitrogen and oxygen atoms in total. The van der Waals surface area contributed by atoms with Gasteiger partial charge in [0, 0.05) is 26.3 Å². The first kappa shape index (κ1) is 14.4. The molecule has 5 heteroatoms. The Morgan fingerprint density at radius 1 is 1.41 bits per heavy atom. The number of thiol groups is 1. The Morgan fingerprint density at radius 2 is 2.00 bits per heavy atom. The highest BCUT2D eigenvalue weighted by Gasteiger charge is 2.24. The van der Waals surface area contributed by atoms with Gasteiger partial charge in [-0.2, -0.15) is 12.6 Å². The summed E-state index contributed by atoms with van der Waals surface area (Å²) >= 11 is 4.11. The van der Waals surface area contributed by atoms with Crippen LogP contribution in [-0.4, -0.2) is 42.1 Å². The number of likely N-dealkylation sites (N-methyl/N-ethyl adjacent to an activating group) is 1. The molecule has 0 bridgehead atoms. The van der Waals surface area contributed by atoms with Crippen LogP contribution in [0.25, 0.3) is 0 Å². The molecule has 0 radical (unpaired) electrons. The van der Waals surface area contributed by atoms with Crippen molar-refractivity contribution in [1.29, 1.82) is 0 Å². The lowest BCUT2D eigenvalue weighted by molar-refractivity contribution is -0.134. The molecule has 0 aromatic rings. The van der Waals surface area contributed by atoms with Gasteiger partial charge in [0.25, 0.3) is 0 Å². The standard InChI is InChI=1S/C12H22N2O2S/c1-9(15)13-11(8-17)12(16)14(2)7-10-5-3-4-6-10/h10-11,17H,3-8H2,1-2H3,(H,13,15). The zero-order valence-electron chi connectivity index (χ0n) is 10.6. The maximum absolute atomic E-state index is 12.1. The molecule has 1 unspecified atom stereocenters. The van der Waals surface area contributed by atoms with E-state index in [2.05, 4.69) is 17.9 Å². The van der Waals surface area contributed by atoms with Crippen molar-refractivity contribution in [1.82, 2.24) is 10.2 Å². The first-order valence-corrected chi connectivity index (χ1v) is 6.80. The van der Waals surface area contributed by atoms with Crippen LogP contribution in [0.2, 0.25) is 0 Å². The third-order valence-electron chi connectivity index (χ3n) is 3.24. The maximum atomic E-state index is 12.1. The molecule has 1 aliphatic rings. The lowest BCUT2D eigenvalue weighted by Crippen LogP contribution is -2.48.